The molecule has 100 valence electrons. The Bertz CT molecular complexity index is 408. The molecule has 0 aliphatic heterocycles. The second-order valence-electron chi connectivity index (χ2n) is 4.20. The van der Waals surface area contributed by atoms with Crippen molar-refractivity contribution in [1.29, 1.82) is 0 Å². The SMILES string of the molecule is CC(C)NC(N)=NCc1ccc(C(F)(F)F)cc1. The van der Waals surface area contributed by atoms with E-state index in [1.807, 2.05) is 13.8 Å². The highest BCUT2D eigenvalue weighted by Gasteiger charge is 2.29. The zero-order chi connectivity index (χ0) is 13.8. The van der Waals surface area contributed by atoms with Crippen molar-refractivity contribution in [2.24, 2.45) is 10.7 Å². The fourth-order valence-electron chi connectivity index (χ4n) is 1.32. The van der Waals surface area contributed by atoms with Crippen LogP contribution in [0.2, 0.25) is 0 Å². The monoisotopic (exact) mass is 259 g/mol. The van der Waals surface area contributed by atoms with Gasteiger partial charge in [0.25, 0.3) is 0 Å². The number of nitrogens with one attached hydrogen (secondary N) is 1. The van der Waals surface area contributed by atoms with Crippen molar-refractivity contribution in [3.8, 4) is 0 Å². The Kier molecular flexibility index (Phi) is 4.58. The molecule has 0 unspecified atom stereocenters. The van der Waals surface area contributed by atoms with E-state index in [1.54, 1.807) is 0 Å². The molecule has 3 nitrogen and oxygen atoms in total. The Balaban J connectivity index is 2.65. The van der Waals surface area contributed by atoms with Gasteiger partial charge in [0.2, 0.25) is 0 Å². The predicted molar refractivity (Wildman–Crippen MR) is 65.0 cm³/mol. The number of halogens is 3. The van der Waals surface area contributed by atoms with Gasteiger partial charge in [0.1, 0.15) is 0 Å². The number of rotatable bonds is 3. The van der Waals surface area contributed by atoms with Crippen LogP contribution in [0.25, 0.3) is 0 Å². The molecular weight excluding hydrogens is 243 g/mol. The molecule has 0 heterocycles. The summed E-state index contributed by atoms with van der Waals surface area (Å²) in [7, 11) is 0. The maximum Gasteiger partial charge on any atom is 0.416 e. The van der Waals surface area contributed by atoms with Crippen molar-refractivity contribution in [1.82, 2.24) is 5.32 Å². The van der Waals surface area contributed by atoms with Gasteiger partial charge in [0, 0.05) is 6.04 Å². The molecule has 1 aromatic carbocycles. The molecule has 0 aliphatic carbocycles. The van der Waals surface area contributed by atoms with Gasteiger partial charge in [-0.1, -0.05) is 12.1 Å². The van der Waals surface area contributed by atoms with E-state index < -0.39 is 11.7 Å². The van der Waals surface area contributed by atoms with Crippen molar-refractivity contribution in [3.05, 3.63) is 35.4 Å². The predicted octanol–water partition coefficient (Wildman–Crippen LogP) is 2.52. The summed E-state index contributed by atoms with van der Waals surface area (Å²) < 4.78 is 37.0. The fraction of sp³-hybridized carbons (Fsp3) is 0.417. The first-order valence-corrected chi connectivity index (χ1v) is 5.51. The minimum atomic E-state index is -4.31. The Morgan fingerprint density at radius 2 is 1.83 bits per heavy atom. The van der Waals surface area contributed by atoms with Gasteiger partial charge in [-0.05, 0) is 31.5 Å². The van der Waals surface area contributed by atoms with E-state index in [2.05, 4.69) is 10.3 Å². The van der Waals surface area contributed by atoms with Crippen LogP contribution < -0.4 is 11.1 Å². The molecule has 0 amide bonds. The van der Waals surface area contributed by atoms with Gasteiger partial charge >= 0.3 is 6.18 Å². The number of aliphatic imine (C=N–C) groups is 1. The van der Waals surface area contributed by atoms with Crippen LogP contribution in [0.1, 0.15) is 25.0 Å². The molecule has 0 radical (unpaired) electrons. The number of guanidine groups is 1. The average molecular weight is 259 g/mol. The summed E-state index contributed by atoms with van der Waals surface area (Å²) in [4.78, 5) is 4.03. The summed E-state index contributed by atoms with van der Waals surface area (Å²) in [5.41, 5.74) is 5.59. The average Bonchev–Trinajstić information content (AvgIpc) is 2.25. The van der Waals surface area contributed by atoms with Crippen molar-refractivity contribution >= 4 is 5.96 Å². The first-order chi connectivity index (χ1) is 8.29. The Morgan fingerprint density at radius 1 is 1.28 bits per heavy atom. The maximum absolute atomic E-state index is 12.3. The van der Waals surface area contributed by atoms with Crippen LogP contribution in [0.5, 0.6) is 0 Å². The van der Waals surface area contributed by atoms with Crippen LogP contribution in [-0.2, 0) is 12.7 Å². The van der Waals surface area contributed by atoms with Crippen molar-refractivity contribution < 1.29 is 13.2 Å². The molecule has 0 bridgehead atoms. The first kappa shape index (κ1) is 14.3. The number of nitrogens with two attached hydrogens (primary N) is 1. The largest absolute Gasteiger partial charge is 0.416 e. The molecule has 0 aromatic heterocycles. The number of benzene rings is 1. The van der Waals surface area contributed by atoms with E-state index in [0.29, 0.717) is 5.56 Å². The number of nitrogens with zero attached hydrogens (tertiary/aromatic N) is 1. The van der Waals surface area contributed by atoms with E-state index in [1.165, 1.54) is 12.1 Å². The Hall–Kier alpha value is -1.72. The van der Waals surface area contributed by atoms with Crippen molar-refractivity contribution in [2.45, 2.75) is 32.6 Å². The Morgan fingerprint density at radius 3 is 2.28 bits per heavy atom. The molecule has 18 heavy (non-hydrogen) atoms. The molecule has 0 saturated heterocycles. The molecular formula is C12H16F3N3. The topological polar surface area (TPSA) is 50.4 Å². The maximum atomic E-state index is 12.3. The third-order valence-corrected chi connectivity index (χ3v) is 2.15. The van der Waals surface area contributed by atoms with Crippen LogP contribution in [0, 0.1) is 0 Å². The summed E-state index contributed by atoms with van der Waals surface area (Å²) >= 11 is 0. The third-order valence-electron chi connectivity index (χ3n) is 2.15. The molecule has 0 spiro atoms. The summed E-state index contributed by atoms with van der Waals surface area (Å²) in [6.07, 6.45) is -4.31. The zero-order valence-corrected chi connectivity index (χ0v) is 10.3. The molecule has 1 aromatic rings. The summed E-state index contributed by atoms with van der Waals surface area (Å²) in [5.74, 6) is 0.282. The van der Waals surface area contributed by atoms with E-state index in [-0.39, 0.29) is 18.5 Å². The smallest absolute Gasteiger partial charge is 0.370 e. The molecule has 0 saturated carbocycles. The lowest BCUT2D eigenvalue weighted by molar-refractivity contribution is -0.137. The van der Waals surface area contributed by atoms with Gasteiger partial charge in [-0.25, -0.2) is 4.99 Å². The van der Waals surface area contributed by atoms with Crippen LogP contribution in [-0.4, -0.2) is 12.0 Å². The highest BCUT2D eigenvalue weighted by Crippen LogP contribution is 2.29. The van der Waals surface area contributed by atoms with Crippen LogP contribution >= 0.6 is 0 Å². The van der Waals surface area contributed by atoms with Crippen LogP contribution in [0.15, 0.2) is 29.3 Å². The number of hydrogen-bond acceptors (Lipinski definition) is 1. The van der Waals surface area contributed by atoms with Gasteiger partial charge in [0.15, 0.2) is 5.96 Å². The van der Waals surface area contributed by atoms with Crippen LogP contribution in [0.4, 0.5) is 13.2 Å². The molecule has 0 fully saturated rings. The van der Waals surface area contributed by atoms with E-state index in [9.17, 15) is 13.2 Å². The van der Waals surface area contributed by atoms with E-state index in [0.717, 1.165) is 12.1 Å². The second kappa shape index (κ2) is 5.75. The first-order valence-electron chi connectivity index (χ1n) is 5.51. The number of hydrogen-bond donors (Lipinski definition) is 2. The standard InChI is InChI=1S/C12H16F3N3/c1-8(2)18-11(16)17-7-9-3-5-10(6-4-9)12(13,14)15/h3-6,8H,7H2,1-2H3,(H3,16,17,18). The Labute approximate surface area is 104 Å². The quantitative estimate of drug-likeness (QED) is 0.647. The lowest BCUT2D eigenvalue weighted by atomic mass is 10.1. The lowest BCUT2D eigenvalue weighted by Gasteiger charge is -2.09. The highest BCUT2D eigenvalue weighted by atomic mass is 19.4. The third kappa shape index (κ3) is 4.65. The molecule has 6 heteroatoms. The summed E-state index contributed by atoms with van der Waals surface area (Å²) in [5, 5.41) is 2.90. The van der Waals surface area contributed by atoms with Gasteiger partial charge in [0.05, 0.1) is 12.1 Å². The molecule has 3 N–H and O–H groups in total. The number of alkyl halides is 3. The summed E-state index contributed by atoms with van der Waals surface area (Å²) in [6.45, 7) is 4.09. The van der Waals surface area contributed by atoms with Crippen LogP contribution in [0.3, 0.4) is 0 Å². The summed E-state index contributed by atoms with van der Waals surface area (Å²) in [6, 6.07) is 5.04. The molecule has 0 atom stereocenters. The van der Waals surface area contributed by atoms with Crippen molar-refractivity contribution in [3.63, 3.8) is 0 Å². The minimum absolute atomic E-state index is 0.168. The van der Waals surface area contributed by atoms with Crippen molar-refractivity contribution in [2.75, 3.05) is 0 Å². The second-order valence-corrected chi connectivity index (χ2v) is 4.20. The van der Waals surface area contributed by atoms with E-state index in [4.69, 9.17) is 5.73 Å². The molecule has 0 aliphatic rings. The minimum Gasteiger partial charge on any atom is -0.370 e. The highest BCUT2D eigenvalue weighted by molar-refractivity contribution is 5.78. The van der Waals surface area contributed by atoms with Gasteiger partial charge < -0.3 is 11.1 Å². The van der Waals surface area contributed by atoms with Gasteiger partial charge in [-0.3, -0.25) is 0 Å². The van der Waals surface area contributed by atoms with E-state index >= 15 is 0 Å². The lowest BCUT2D eigenvalue weighted by Crippen LogP contribution is -2.36. The normalized spacial score (nSPS) is 12.9. The van der Waals surface area contributed by atoms with Gasteiger partial charge in [-0.2, -0.15) is 13.2 Å². The molecule has 1 rings (SSSR count). The van der Waals surface area contributed by atoms with Gasteiger partial charge in [-0.15, -0.1) is 0 Å². The zero-order valence-electron chi connectivity index (χ0n) is 10.3. The fourth-order valence-corrected chi connectivity index (χ4v) is 1.32.